The van der Waals surface area contributed by atoms with Crippen LogP contribution in [0.3, 0.4) is 0 Å². The first-order valence-electron chi connectivity index (χ1n) is 7.68. The van der Waals surface area contributed by atoms with E-state index in [2.05, 4.69) is 10.4 Å². The van der Waals surface area contributed by atoms with Gasteiger partial charge in [-0.15, -0.1) is 0 Å². The highest BCUT2D eigenvalue weighted by atomic mass is 35.5. The van der Waals surface area contributed by atoms with Crippen LogP contribution in [-0.4, -0.2) is 40.5 Å². The number of amides is 1. The van der Waals surface area contributed by atoms with E-state index in [9.17, 15) is 23.3 Å². The second-order valence-electron chi connectivity index (χ2n) is 6.05. The fourth-order valence-electron chi connectivity index (χ4n) is 2.89. The molecule has 0 aliphatic carbocycles. The molecule has 1 amide bonds. The zero-order valence-electron chi connectivity index (χ0n) is 13.7. The Bertz CT molecular complexity index is 1000. The molecule has 0 saturated carbocycles. The first-order valence-corrected chi connectivity index (χ1v) is 9.88. The predicted octanol–water partition coefficient (Wildman–Crippen LogP) is 2.37. The van der Waals surface area contributed by atoms with Crippen LogP contribution in [0, 0.1) is 17.0 Å². The van der Waals surface area contributed by atoms with E-state index in [0.717, 1.165) is 6.07 Å². The number of nitro groups is 1. The van der Waals surface area contributed by atoms with Crippen LogP contribution < -0.4 is 5.32 Å². The lowest BCUT2D eigenvalue weighted by Gasteiger charge is -2.14. The van der Waals surface area contributed by atoms with Crippen molar-refractivity contribution in [3.05, 3.63) is 50.7 Å². The van der Waals surface area contributed by atoms with E-state index >= 15 is 0 Å². The maximum atomic E-state index is 12.6. The minimum atomic E-state index is -3.14. The average molecular weight is 399 g/mol. The Morgan fingerprint density at radius 3 is 2.77 bits per heavy atom. The van der Waals surface area contributed by atoms with Gasteiger partial charge in [0.25, 0.3) is 11.6 Å². The molecule has 0 radical (unpaired) electrons. The van der Waals surface area contributed by atoms with Gasteiger partial charge in [-0.2, -0.15) is 5.10 Å². The topological polar surface area (TPSA) is 124 Å². The van der Waals surface area contributed by atoms with E-state index in [1.165, 1.54) is 16.8 Å². The van der Waals surface area contributed by atoms with Gasteiger partial charge < -0.3 is 5.32 Å². The minimum Gasteiger partial charge on any atom is -0.307 e. The second-order valence-corrected chi connectivity index (χ2v) is 8.71. The van der Waals surface area contributed by atoms with Gasteiger partial charge in [-0.1, -0.05) is 11.6 Å². The lowest BCUT2D eigenvalue weighted by molar-refractivity contribution is -0.385. The molecule has 138 valence electrons. The lowest BCUT2D eigenvalue weighted by Crippen LogP contribution is -2.20. The maximum absolute atomic E-state index is 12.6. The van der Waals surface area contributed by atoms with Gasteiger partial charge in [0, 0.05) is 17.2 Å². The zero-order chi connectivity index (χ0) is 19.1. The Hall–Kier alpha value is -2.46. The van der Waals surface area contributed by atoms with Gasteiger partial charge in [0.05, 0.1) is 28.2 Å². The van der Waals surface area contributed by atoms with Crippen LogP contribution in [0.15, 0.2) is 24.3 Å². The number of aromatic nitrogens is 2. The number of nitro benzene ring substituents is 1. The normalized spacial score (nSPS) is 18.6. The van der Waals surface area contributed by atoms with E-state index in [1.807, 2.05) is 0 Å². The Balaban J connectivity index is 1.92. The summed E-state index contributed by atoms with van der Waals surface area (Å²) in [5, 5.41) is 18.2. The van der Waals surface area contributed by atoms with E-state index in [4.69, 9.17) is 11.6 Å². The number of carbonyl (C=O) groups excluding carboxylic acids is 1. The molecule has 26 heavy (non-hydrogen) atoms. The molecular weight excluding hydrogens is 384 g/mol. The van der Waals surface area contributed by atoms with Gasteiger partial charge in [-0.3, -0.25) is 14.9 Å². The van der Waals surface area contributed by atoms with Gasteiger partial charge in [0.15, 0.2) is 9.84 Å². The predicted molar refractivity (Wildman–Crippen MR) is 95.3 cm³/mol. The van der Waals surface area contributed by atoms with E-state index in [0.29, 0.717) is 12.1 Å². The number of carbonyl (C=O) groups is 1. The number of anilines is 1. The summed E-state index contributed by atoms with van der Waals surface area (Å²) in [5.74, 6) is -0.442. The van der Waals surface area contributed by atoms with Crippen LogP contribution in [0.2, 0.25) is 5.02 Å². The maximum Gasteiger partial charge on any atom is 0.282 e. The van der Waals surface area contributed by atoms with Gasteiger partial charge in [-0.05, 0) is 25.5 Å². The van der Waals surface area contributed by atoms with Crippen molar-refractivity contribution in [2.45, 2.75) is 19.4 Å². The van der Waals surface area contributed by atoms with Crippen LogP contribution in [0.1, 0.15) is 28.5 Å². The van der Waals surface area contributed by atoms with Crippen molar-refractivity contribution >= 4 is 38.9 Å². The Morgan fingerprint density at radius 2 is 2.15 bits per heavy atom. The first-order chi connectivity index (χ1) is 12.2. The molecule has 0 bridgehead atoms. The molecule has 1 aliphatic heterocycles. The van der Waals surface area contributed by atoms with Crippen LogP contribution >= 0.6 is 11.6 Å². The Labute approximate surface area is 154 Å². The largest absolute Gasteiger partial charge is 0.307 e. The molecule has 1 aromatic heterocycles. The third kappa shape index (κ3) is 3.70. The van der Waals surface area contributed by atoms with Gasteiger partial charge >= 0.3 is 0 Å². The number of nitrogens with one attached hydrogen (secondary N) is 1. The molecule has 2 aromatic rings. The molecule has 1 N–H and O–H groups in total. The van der Waals surface area contributed by atoms with Crippen molar-refractivity contribution < 1.29 is 18.1 Å². The summed E-state index contributed by atoms with van der Waals surface area (Å²) >= 11 is 5.85. The van der Waals surface area contributed by atoms with Crippen molar-refractivity contribution in [3.8, 4) is 0 Å². The van der Waals surface area contributed by atoms with Crippen LogP contribution in [0.4, 0.5) is 11.5 Å². The molecule has 1 aromatic carbocycles. The lowest BCUT2D eigenvalue weighted by atomic mass is 10.1. The van der Waals surface area contributed by atoms with Gasteiger partial charge in [-0.25, -0.2) is 13.1 Å². The fourth-order valence-corrected chi connectivity index (χ4v) is 4.75. The quantitative estimate of drug-likeness (QED) is 0.622. The smallest absolute Gasteiger partial charge is 0.282 e. The van der Waals surface area contributed by atoms with Crippen molar-refractivity contribution in [1.82, 2.24) is 9.78 Å². The van der Waals surface area contributed by atoms with Crippen LogP contribution in [0.5, 0.6) is 0 Å². The highest BCUT2D eigenvalue weighted by Crippen LogP contribution is 2.28. The summed E-state index contributed by atoms with van der Waals surface area (Å²) in [6, 6.07) is 4.89. The number of aryl methyl sites for hydroxylation is 1. The first kappa shape index (κ1) is 18.3. The number of halogens is 1. The zero-order valence-corrected chi connectivity index (χ0v) is 15.2. The summed E-state index contributed by atoms with van der Waals surface area (Å²) in [4.78, 5) is 23.0. The van der Waals surface area contributed by atoms with Crippen molar-refractivity contribution in [2.75, 3.05) is 16.8 Å². The van der Waals surface area contributed by atoms with Gasteiger partial charge in [0.1, 0.15) is 11.4 Å². The molecule has 9 nitrogen and oxygen atoms in total. The molecule has 1 atom stereocenters. The van der Waals surface area contributed by atoms with Crippen LogP contribution in [0.25, 0.3) is 0 Å². The van der Waals surface area contributed by atoms with Crippen molar-refractivity contribution in [3.63, 3.8) is 0 Å². The third-order valence-corrected chi connectivity index (χ3v) is 6.04. The molecule has 11 heteroatoms. The van der Waals surface area contributed by atoms with E-state index in [-0.39, 0.29) is 33.6 Å². The molecule has 1 aliphatic rings. The minimum absolute atomic E-state index is 0.0593. The summed E-state index contributed by atoms with van der Waals surface area (Å²) in [6.45, 7) is 1.71. The number of benzene rings is 1. The standard InChI is InChI=1S/C15H15ClN4O5S/c1-9-6-14(19(18-9)11-4-5-26(24,25)8-11)17-15(21)12-7-10(16)2-3-13(12)20(22)23/h2-3,6-7,11H,4-5,8H2,1H3,(H,17,21)/t11-/m1/s1. The monoisotopic (exact) mass is 398 g/mol. The fraction of sp³-hybridized carbons (Fsp3) is 0.333. The highest BCUT2D eigenvalue weighted by Gasteiger charge is 2.32. The SMILES string of the molecule is Cc1cc(NC(=O)c2cc(Cl)ccc2[N+](=O)[O-])n([C@@H]2CCS(=O)(=O)C2)n1. The van der Waals surface area contributed by atoms with E-state index < -0.39 is 26.7 Å². The molecule has 3 rings (SSSR count). The summed E-state index contributed by atoms with van der Waals surface area (Å²) in [5.41, 5.74) is 0.0234. The number of sulfone groups is 1. The Kier molecular flexibility index (Phi) is 4.72. The molecule has 1 saturated heterocycles. The summed E-state index contributed by atoms with van der Waals surface area (Å²) in [7, 11) is -3.14. The third-order valence-electron chi connectivity index (χ3n) is 4.05. The van der Waals surface area contributed by atoms with Crippen molar-refractivity contribution in [2.24, 2.45) is 0 Å². The second kappa shape index (κ2) is 6.69. The van der Waals surface area contributed by atoms with Crippen LogP contribution in [-0.2, 0) is 9.84 Å². The van der Waals surface area contributed by atoms with E-state index in [1.54, 1.807) is 13.0 Å². The van der Waals surface area contributed by atoms with Crippen molar-refractivity contribution in [1.29, 1.82) is 0 Å². The summed E-state index contributed by atoms with van der Waals surface area (Å²) in [6.07, 6.45) is 0.392. The number of rotatable bonds is 4. The Morgan fingerprint density at radius 1 is 1.42 bits per heavy atom. The molecule has 2 heterocycles. The molecular formula is C15H15ClN4O5S. The summed E-state index contributed by atoms with van der Waals surface area (Å²) < 4.78 is 24.9. The number of hydrogen-bond acceptors (Lipinski definition) is 6. The highest BCUT2D eigenvalue weighted by molar-refractivity contribution is 7.91. The molecule has 0 spiro atoms. The van der Waals surface area contributed by atoms with Gasteiger partial charge in [0.2, 0.25) is 0 Å². The molecule has 1 fully saturated rings. The number of nitrogens with zero attached hydrogens (tertiary/aromatic N) is 3. The number of hydrogen-bond donors (Lipinski definition) is 1. The molecule has 0 unspecified atom stereocenters. The average Bonchev–Trinajstić information content (AvgIpc) is 3.08.